The second-order valence-electron chi connectivity index (χ2n) is 13.6. The van der Waals surface area contributed by atoms with Gasteiger partial charge in [-0.2, -0.15) is 0 Å². The summed E-state index contributed by atoms with van der Waals surface area (Å²) in [6.45, 7) is 8.45. The lowest BCUT2D eigenvalue weighted by atomic mass is 9.96. The first kappa shape index (κ1) is 44.5. The van der Waals surface area contributed by atoms with Crippen molar-refractivity contribution in [3.05, 3.63) is 59.7 Å². The monoisotopic (exact) mass is 754 g/mol. The first-order valence-corrected chi connectivity index (χ1v) is 17.7. The van der Waals surface area contributed by atoms with Gasteiger partial charge in [0.2, 0.25) is 41.4 Å². The summed E-state index contributed by atoms with van der Waals surface area (Å²) in [5.74, 6) is -6.44. The molecule has 7 atom stereocenters. The van der Waals surface area contributed by atoms with Crippen molar-refractivity contribution in [3.8, 4) is 11.5 Å². The van der Waals surface area contributed by atoms with Crippen LogP contribution in [0.5, 0.6) is 11.5 Å². The summed E-state index contributed by atoms with van der Waals surface area (Å²) in [5.41, 5.74) is 12.1. The van der Waals surface area contributed by atoms with Crippen molar-refractivity contribution >= 4 is 41.4 Å². The van der Waals surface area contributed by atoms with Crippen LogP contribution in [0.4, 0.5) is 0 Å². The fourth-order valence-electron chi connectivity index (χ4n) is 5.27. The van der Waals surface area contributed by atoms with Gasteiger partial charge in [-0.05, 0) is 61.2 Å². The van der Waals surface area contributed by atoms with Crippen molar-refractivity contribution in [1.82, 2.24) is 31.9 Å². The van der Waals surface area contributed by atoms with Gasteiger partial charge >= 0.3 is 0 Å². The highest BCUT2D eigenvalue weighted by Crippen LogP contribution is 2.15. The fourth-order valence-corrected chi connectivity index (χ4v) is 5.27. The first-order chi connectivity index (χ1) is 25.4. The lowest BCUT2D eigenvalue weighted by molar-refractivity contribution is -0.136. The van der Waals surface area contributed by atoms with E-state index in [0.29, 0.717) is 17.5 Å². The second kappa shape index (κ2) is 21.1. The molecular weight excluding hydrogens is 700 g/mol. The van der Waals surface area contributed by atoms with Gasteiger partial charge in [-0.1, -0.05) is 58.4 Å². The number of aromatic hydroxyl groups is 2. The van der Waals surface area contributed by atoms with Crippen molar-refractivity contribution < 1.29 is 43.8 Å². The van der Waals surface area contributed by atoms with Crippen LogP contribution in [0.15, 0.2) is 48.5 Å². The van der Waals surface area contributed by atoms with Crippen LogP contribution in [-0.4, -0.2) is 94.9 Å². The van der Waals surface area contributed by atoms with E-state index in [2.05, 4.69) is 31.9 Å². The number of hydrogen-bond donors (Lipinski definition) is 10. The summed E-state index contributed by atoms with van der Waals surface area (Å²) < 4.78 is 0. The van der Waals surface area contributed by atoms with Crippen molar-refractivity contribution in [1.29, 1.82) is 0 Å². The highest BCUT2D eigenvalue weighted by molar-refractivity contribution is 5.98. The highest BCUT2D eigenvalue weighted by atomic mass is 16.3. The Kier molecular flexibility index (Phi) is 17.4. The molecule has 0 aromatic heterocycles. The number of primary amides is 2. The number of amides is 7. The third kappa shape index (κ3) is 14.0. The van der Waals surface area contributed by atoms with Crippen molar-refractivity contribution in [2.24, 2.45) is 23.3 Å². The number of phenolic OH excluding ortho intramolecular Hbond substituents is 2. The average Bonchev–Trinajstić information content (AvgIpc) is 3.12. The third-order valence-corrected chi connectivity index (χ3v) is 8.95. The predicted octanol–water partition coefficient (Wildman–Crippen LogP) is -1.02. The average molecular weight is 755 g/mol. The molecule has 0 aliphatic heterocycles. The number of nitrogens with two attached hydrogens (primary N) is 2. The fraction of sp³-hybridized carbons (Fsp3) is 0.486. The molecule has 0 radical (unpaired) electrons. The molecule has 12 N–H and O–H groups in total. The normalized spacial score (nSPS) is 14.9. The first-order valence-electron chi connectivity index (χ1n) is 17.7. The number of likely N-dealkylation sites (N-methyl/N-ethyl adjacent to an activating group) is 1. The number of benzene rings is 2. The van der Waals surface area contributed by atoms with Gasteiger partial charge in [0, 0.05) is 12.8 Å². The van der Waals surface area contributed by atoms with E-state index in [-0.39, 0.29) is 24.3 Å². The van der Waals surface area contributed by atoms with Gasteiger partial charge in [-0.3, -0.25) is 33.6 Å². The van der Waals surface area contributed by atoms with Crippen LogP contribution in [-0.2, 0) is 46.4 Å². The molecule has 2 rings (SSSR count). The Balaban J connectivity index is 2.40. The number of carbonyl (C=O) groups excluding carboxylic acids is 7. The zero-order chi connectivity index (χ0) is 40.7. The Morgan fingerprint density at radius 3 is 1.46 bits per heavy atom. The van der Waals surface area contributed by atoms with E-state index in [1.54, 1.807) is 53.8 Å². The minimum absolute atomic E-state index is 0.00486. The molecule has 0 aliphatic carbocycles. The zero-order valence-corrected chi connectivity index (χ0v) is 31.5. The number of hydrogen-bond acceptors (Lipinski definition) is 10. The van der Waals surface area contributed by atoms with Gasteiger partial charge in [0.05, 0.1) is 12.5 Å². The molecule has 0 aliphatic rings. The van der Waals surface area contributed by atoms with Gasteiger partial charge in [0.1, 0.15) is 41.7 Å². The Labute approximate surface area is 314 Å². The topological polar surface area (TPSA) is 284 Å². The number of nitrogens with one attached hydrogen (secondary N) is 6. The van der Waals surface area contributed by atoms with E-state index >= 15 is 0 Å². The summed E-state index contributed by atoms with van der Waals surface area (Å²) in [6, 6.07) is 4.72. The maximum absolute atomic E-state index is 14.0. The van der Waals surface area contributed by atoms with Gasteiger partial charge in [0.15, 0.2) is 0 Å². The molecule has 17 heteroatoms. The quantitative estimate of drug-likeness (QED) is 0.0740. The molecule has 0 spiro atoms. The molecule has 0 heterocycles. The van der Waals surface area contributed by atoms with Crippen LogP contribution in [0.2, 0.25) is 0 Å². The van der Waals surface area contributed by atoms with Crippen LogP contribution < -0.4 is 43.4 Å². The summed E-state index contributed by atoms with van der Waals surface area (Å²) in [4.78, 5) is 91.8. The number of rotatable bonds is 21. The number of carbonyl (C=O) groups is 7. The summed E-state index contributed by atoms with van der Waals surface area (Å²) in [6.07, 6.45) is -0.379. The lowest BCUT2D eigenvalue weighted by Crippen LogP contribution is -2.61. The third-order valence-electron chi connectivity index (χ3n) is 8.95. The van der Waals surface area contributed by atoms with Crippen LogP contribution >= 0.6 is 0 Å². The molecular formula is C37H54N8O9. The molecule has 0 fully saturated rings. The Bertz CT molecular complexity index is 1620. The van der Waals surface area contributed by atoms with Crippen LogP contribution in [0, 0.1) is 11.8 Å². The summed E-state index contributed by atoms with van der Waals surface area (Å²) in [7, 11) is 1.57. The molecule has 54 heavy (non-hydrogen) atoms. The smallest absolute Gasteiger partial charge is 0.243 e. The van der Waals surface area contributed by atoms with Crippen molar-refractivity contribution in [2.75, 3.05) is 7.05 Å². The van der Waals surface area contributed by atoms with Gasteiger partial charge in [0.25, 0.3) is 0 Å². The maximum Gasteiger partial charge on any atom is 0.243 e. The van der Waals surface area contributed by atoms with Gasteiger partial charge in [-0.25, -0.2) is 0 Å². The maximum atomic E-state index is 14.0. The Morgan fingerprint density at radius 1 is 0.593 bits per heavy atom. The van der Waals surface area contributed by atoms with Crippen molar-refractivity contribution in [3.63, 3.8) is 0 Å². The molecule has 7 amide bonds. The Hall–Kier alpha value is -5.71. The number of phenols is 2. The molecule has 0 saturated heterocycles. The molecule has 1 unspecified atom stereocenters. The lowest BCUT2D eigenvalue weighted by Gasteiger charge is -2.29. The molecule has 296 valence electrons. The van der Waals surface area contributed by atoms with E-state index in [9.17, 15) is 43.8 Å². The molecule has 0 saturated carbocycles. The minimum atomic E-state index is -1.56. The zero-order valence-electron chi connectivity index (χ0n) is 31.5. The largest absolute Gasteiger partial charge is 0.508 e. The summed E-state index contributed by atoms with van der Waals surface area (Å²) >= 11 is 0. The second-order valence-corrected chi connectivity index (χ2v) is 13.6. The van der Waals surface area contributed by atoms with Crippen LogP contribution in [0.1, 0.15) is 58.6 Å². The Morgan fingerprint density at radius 2 is 1.02 bits per heavy atom. The van der Waals surface area contributed by atoms with E-state index < -0.39 is 95.9 Å². The summed E-state index contributed by atoms with van der Waals surface area (Å²) in [5, 5.41) is 35.1. The van der Waals surface area contributed by atoms with Crippen molar-refractivity contribution in [2.45, 2.75) is 96.6 Å². The van der Waals surface area contributed by atoms with E-state index in [1.165, 1.54) is 36.4 Å². The van der Waals surface area contributed by atoms with Crippen LogP contribution in [0.3, 0.4) is 0 Å². The van der Waals surface area contributed by atoms with E-state index in [0.717, 1.165) is 0 Å². The van der Waals surface area contributed by atoms with E-state index in [1.807, 2.05) is 0 Å². The molecule has 2 aromatic rings. The van der Waals surface area contributed by atoms with Crippen LogP contribution in [0.25, 0.3) is 0 Å². The van der Waals surface area contributed by atoms with E-state index in [4.69, 9.17) is 11.5 Å². The predicted molar refractivity (Wildman–Crippen MR) is 199 cm³/mol. The van der Waals surface area contributed by atoms with Gasteiger partial charge < -0.3 is 53.6 Å². The highest BCUT2D eigenvalue weighted by Gasteiger charge is 2.35. The SMILES string of the molecule is CC[C@H](C)[C@H](NC(=O)[C@H](Cc1ccc(O)cc1)NC(=O)[C@H](CC(N)=O)NC(=O)C(NC(=O)[C@H](C)NC)C(C)C)C(=O)N[C@@H](Cc1ccc(O)cc1)C(N)=O. The molecule has 2 aromatic carbocycles. The minimum Gasteiger partial charge on any atom is -0.508 e. The molecule has 17 nitrogen and oxygen atoms in total. The standard InChI is InChI=1S/C37H54N8O9/c1-7-20(4)31(37(54)41-26(32(39)49)16-22-8-12-24(46)13-9-22)45-35(52)27(17-23-10-14-25(47)15-11-23)42-34(51)28(18-29(38)48)43-36(53)30(19(2)3)44-33(50)21(5)40-6/h8-15,19-21,26-28,30-31,40,46-47H,7,16-18H2,1-6H3,(H2,38,48)(H2,39,49)(H,41,54)(H,42,51)(H,43,53)(H,44,50)(H,45,52)/t20-,21-,26-,27-,28-,30?,31-/m0/s1. The molecule has 0 bridgehead atoms. The van der Waals surface area contributed by atoms with Gasteiger partial charge in [-0.15, -0.1) is 0 Å².